The van der Waals surface area contributed by atoms with Gasteiger partial charge in [0.2, 0.25) is 5.78 Å². The lowest BCUT2D eigenvalue weighted by molar-refractivity contribution is 0.0472. The molecule has 0 heterocycles. The van der Waals surface area contributed by atoms with E-state index in [2.05, 4.69) is 0 Å². The van der Waals surface area contributed by atoms with Gasteiger partial charge in [-0.15, -0.1) is 0 Å². The number of hydrogen-bond acceptors (Lipinski definition) is 4. The van der Waals surface area contributed by atoms with Crippen molar-refractivity contribution >= 4 is 34.1 Å². The summed E-state index contributed by atoms with van der Waals surface area (Å²) in [6, 6.07) is 16.9. The molecule has 0 aromatic heterocycles. The van der Waals surface area contributed by atoms with Crippen LogP contribution in [0.5, 0.6) is 5.75 Å². The van der Waals surface area contributed by atoms with Crippen LogP contribution in [0, 0.1) is 0 Å². The van der Waals surface area contributed by atoms with Crippen molar-refractivity contribution in [3.63, 3.8) is 0 Å². The number of phenolic OH excluding ortho intramolecular Hbond substituents is 1. The molecule has 0 saturated heterocycles. The van der Waals surface area contributed by atoms with E-state index >= 15 is 0 Å². The van der Waals surface area contributed by atoms with Crippen molar-refractivity contribution in [3.05, 3.63) is 76.8 Å². The maximum atomic E-state index is 12.2. The highest BCUT2D eigenvalue weighted by molar-refractivity contribution is 6.34. The summed E-state index contributed by atoms with van der Waals surface area (Å²) in [5.41, 5.74) is 0.301. The third-order valence-corrected chi connectivity index (χ3v) is 3.92. The van der Waals surface area contributed by atoms with E-state index in [1.807, 2.05) is 24.3 Å². The normalized spacial score (nSPS) is 10.5. The Balaban J connectivity index is 1.77. The molecule has 4 nitrogen and oxygen atoms in total. The molecule has 1 N–H and O–H groups in total. The molecule has 0 aliphatic heterocycles. The van der Waals surface area contributed by atoms with E-state index in [9.17, 15) is 14.7 Å². The number of ketones is 1. The Morgan fingerprint density at radius 1 is 0.917 bits per heavy atom. The minimum absolute atomic E-state index is 0.0145. The van der Waals surface area contributed by atoms with Crippen molar-refractivity contribution in [1.29, 1.82) is 0 Å². The number of rotatable bonds is 4. The summed E-state index contributed by atoms with van der Waals surface area (Å²) < 4.78 is 5.02. The van der Waals surface area contributed by atoms with Crippen molar-refractivity contribution < 1.29 is 19.4 Å². The molecule has 0 radical (unpaired) electrons. The molecule has 0 unspecified atom stereocenters. The molecule has 24 heavy (non-hydrogen) atoms. The number of ether oxygens (including phenoxy) is 1. The molecule has 0 fully saturated rings. The predicted octanol–water partition coefficient (Wildman–Crippen LogP) is 4.24. The number of aromatic hydroxyl groups is 1. The molecule has 0 saturated carbocycles. The summed E-state index contributed by atoms with van der Waals surface area (Å²) in [7, 11) is 0. The third kappa shape index (κ3) is 3.24. The molecule has 0 spiro atoms. The van der Waals surface area contributed by atoms with Crippen molar-refractivity contribution in [1.82, 2.24) is 0 Å². The van der Waals surface area contributed by atoms with Gasteiger partial charge in [0.25, 0.3) is 0 Å². The summed E-state index contributed by atoms with van der Waals surface area (Å²) >= 11 is 5.94. The minimum atomic E-state index is -0.765. The van der Waals surface area contributed by atoms with Gasteiger partial charge in [-0.3, -0.25) is 4.79 Å². The molecule has 120 valence electrons. The third-order valence-electron chi connectivity index (χ3n) is 3.59. The number of halogens is 1. The van der Waals surface area contributed by atoms with Crippen LogP contribution in [0.1, 0.15) is 20.7 Å². The first-order valence-electron chi connectivity index (χ1n) is 7.23. The average molecular weight is 341 g/mol. The van der Waals surface area contributed by atoms with Gasteiger partial charge >= 0.3 is 5.97 Å². The largest absolute Gasteiger partial charge is 0.507 e. The van der Waals surface area contributed by atoms with Gasteiger partial charge in [-0.25, -0.2) is 4.79 Å². The topological polar surface area (TPSA) is 63.6 Å². The molecule has 3 aromatic carbocycles. The first kappa shape index (κ1) is 16.0. The van der Waals surface area contributed by atoms with Gasteiger partial charge in [0.15, 0.2) is 6.61 Å². The lowest BCUT2D eigenvalue weighted by Gasteiger charge is -2.08. The number of phenols is 1. The zero-order valence-corrected chi connectivity index (χ0v) is 13.3. The molecule has 0 aliphatic carbocycles. The van der Waals surface area contributed by atoms with E-state index < -0.39 is 18.4 Å². The second-order valence-corrected chi connectivity index (χ2v) is 5.60. The van der Waals surface area contributed by atoms with Crippen LogP contribution in [0.15, 0.2) is 60.7 Å². The fourth-order valence-corrected chi connectivity index (χ4v) is 2.61. The van der Waals surface area contributed by atoms with Crippen LogP contribution in [-0.2, 0) is 4.74 Å². The summed E-state index contributed by atoms with van der Waals surface area (Å²) in [5.74, 6) is -1.36. The van der Waals surface area contributed by atoms with Crippen molar-refractivity contribution in [2.24, 2.45) is 0 Å². The van der Waals surface area contributed by atoms with Crippen LogP contribution in [0.2, 0.25) is 5.02 Å². The fourth-order valence-electron chi connectivity index (χ4n) is 2.37. The number of fused-ring (bicyclic) bond motifs is 1. The van der Waals surface area contributed by atoms with E-state index in [1.54, 1.807) is 24.3 Å². The van der Waals surface area contributed by atoms with Gasteiger partial charge in [0, 0.05) is 5.56 Å². The smallest absolute Gasteiger partial charge is 0.342 e. The summed E-state index contributed by atoms with van der Waals surface area (Å²) in [6.07, 6.45) is 0. The molecule has 0 amide bonds. The Hall–Kier alpha value is -2.85. The Kier molecular flexibility index (Phi) is 4.49. The highest BCUT2D eigenvalue weighted by Gasteiger charge is 2.17. The highest BCUT2D eigenvalue weighted by atomic mass is 35.5. The average Bonchev–Trinajstić information content (AvgIpc) is 2.59. The van der Waals surface area contributed by atoms with Gasteiger partial charge in [-0.1, -0.05) is 48.0 Å². The zero-order valence-electron chi connectivity index (χ0n) is 12.5. The standard InChI is InChI=1S/C19H13ClO4/c20-16-8-4-3-7-14(16)18(22)11-24-19(23)15-9-12-5-1-2-6-13(12)10-17(15)21/h1-10,21H,11H2. The minimum Gasteiger partial charge on any atom is -0.507 e. The van der Waals surface area contributed by atoms with Crippen LogP contribution < -0.4 is 0 Å². The number of Topliss-reactive ketones (excluding diaryl/α,β-unsaturated/α-hetero) is 1. The molecule has 0 atom stereocenters. The van der Waals surface area contributed by atoms with Gasteiger partial charge in [0.1, 0.15) is 11.3 Å². The van der Waals surface area contributed by atoms with E-state index in [4.69, 9.17) is 16.3 Å². The molecule has 0 aliphatic rings. The van der Waals surface area contributed by atoms with Crippen LogP contribution in [0.25, 0.3) is 10.8 Å². The Bertz CT molecular complexity index is 934. The van der Waals surface area contributed by atoms with Crippen LogP contribution in [0.4, 0.5) is 0 Å². The zero-order chi connectivity index (χ0) is 17.1. The molecular weight excluding hydrogens is 328 g/mol. The summed E-state index contributed by atoms with van der Waals surface area (Å²) in [6.45, 7) is -0.450. The van der Waals surface area contributed by atoms with Crippen LogP contribution in [0.3, 0.4) is 0 Å². The quantitative estimate of drug-likeness (QED) is 0.570. The molecule has 3 aromatic rings. The SMILES string of the molecule is O=C(OCC(=O)c1ccccc1Cl)c1cc2ccccc2cc1O. The van der Waals surface area contributed by atoms with Gasteiger partial charge in [-0.2, -0.15) is 0 Å². The Morgan fingerprint density at radius 2 is 1.54 bits per heavy atom. The maximum absolute atomic E-state index is 12.2. The number of carbonyl (C=O) groups is 2. The lowest BCUT2D eigenvalue weighted by atomic mass is 10.1. The number of hydrogen-bond donors (Lipinski definition) is 1. The molecule has 0 bridgehead atoms. The molecule has 3 rings (SSSR count). The Morgan fingerprint density at radius 3 is 2.25 bits per heavy atom. The van der Waals surface area contributed by atoms with E-state index in [1.165, 1.54) is 12.1 Å². The van der Waals surface area contributed by atoms with Crippen LogP contribution >= 0.6 is 11.6 Å². The number of benzene rings is 3. The first-order chi connectivity index (χ1) is 11.6. The van der Waals surface area contributed by atoms with Gasteiger partial charge in [0.05, 0.1) is 5.02 Å². The van der Waals surface area contributed by atoms with E-state index in [0.29, 0.717) is 5.02 Å². The van der Waals surface area contributed by atoms with Crippen molar-refractivity contribution in [3.8, 4) is 5.75 Å². The fraction of sp³-hybridized carbons (Fsp3) is 0.0526. The maximum Gasteiger partial charge on any atom is 0.342 e. The number of esters is 1. The van der Waals surface area contributed by atoms with Gasteiger partial charge < -0.3 is 9.84 Å². The second kappa shape index (κ2) is 6.72. The van der Waals surface area contributed by atoms with E-state index in [-0.39, 0.29) is 16.9 Å². The number of carbonyl (C=O) groups excluding carboxylic acids is 2. The summed E-state index contributed by atoms with van der Waals surface area (Å²) in [4.78, 5) is 24.2. The second-order valence-electron chi connectivity index (χ2n) is 5.20. The molecule has 5 heteroatoms. The summed E-state index contributed by atoms with van der Waals surface area (Å²) in [5, 5.41) is 11.9. The lowest BCUT2D eigenvalue weighted by Crippen LogP contribution is -2.14. The van der Waals surface area contributed by atoms with Crippen molar-refractivity contribution in [2.75, 3.05) is 6.61 Å². The van der Waals surface area contributed by atoms with Crippen LogP contribution in [-0.4, -0.2) is 23.5 Å². The van der Waals surface area contributed by atoms with Crippen molar-refractivity contribution in [2.45, 2.75) is 0 Å². The van der Waals surface area contributed by atoms with E-state index in [0.717, 1.165) is 10.8 Å². The first-order valence-corrected chi connectivity index (χ1v) is 7.60. The highest BCUT2D eigenvalue weighted by Crippen LogP contribution is 2.25. The Labute approximate surface area is 143 Å². The van der Waals surface area contributed by atoms with Gasteiger partial charge in [-0.05, 0) is 35.0 Å². The predicted molar refractivity (Wildman–Crippen MR) is 91.7 cm³/mol. The molecular formula is C19H13ClO4. The monoisotopic (exact) mass is 340 g/mol.